The average molecular weight is 386 g/mol. The molecular formula is C19H23FN6O2. The molecule has 28 heavy (non-hydrogen) atoms. The number of likely N-dealkylation sites (N-methyl/N-ethyl adjacent to an activating group) is 1. The topological polar surface area (TPSA) is 76.3 Å². The van der Waals surface area contributed by atoms with Crippen molar-refractivity contribution in [1.82, 2.24) is 29.1 Å². The van der Waals surface area contributed by atoms with E-state index < -0.39 is 0 Å². The van der Waals surface area contributed by atoms with Gasteiger partial charge in [0.05, 0.1) is 6.20 Å². The number of aromatic nitrogens is 4. The lowest BCUT2D eigenvalue weighted by Crippen LogP contribution is -2.40. The maximum atomic E-state index is 14.1. The molecule has 0 spiro atoms. The second kappa shape index (κ2) is 8.30. The molecule has 0 saturated carbocycles. The average Bonchev–Trinajstić information content (AvgIpc) is 3.04. The first-order valence-electron chi connectivity index (χ1n) is 8.90. The van der Waals surface area contributed by atoms with Crippen LogP contribution in [0.15, 0.2) is 41.6 Å². The third-order valence-corrected chi connectivity index (χ3v) is 4.51. The monoisotopic (exact) mass is 386 g/mol. The summed E-state index contributed by atoms with van der Waals surface area (Å²) in [5.74, 6) is -0.641. The number of fused-ring (bicyclic) bond motifs is 1. The summed E-state index contributed by atoms with van der Waals surface area (Å²) in [5, 5.41) is 4.38. The van der Waals surface area contributed by atoms with E-state index in [1.165, 1.54) is 27.8 Å². The Kier molecular flexibility index (Phi) is 5.84. The summed E-state index contributed by atoms with van der Waals surface area (Å²) in [7, 11) is 5.49. The molecule has 0 atom stereocenters. The summed E-state index contributed by atoms with van der Waals surface area (Å²) < 4.78 is 16.8. The molecule has 3 aromatic rings. The molecule has 1 amide bonds. The van der Waals surface area contributed by atoms with Gasteiger partial charge in [-0.3, -0.25) is 18.8 Å². The fourth-order valence-electron chi connectivity index (χ4n) is 2.87. The van der Waals surface area contributed by atoms with Crippen molar-refractivity contribution in [2.45, 2.75) is 13.1 Å². The van der Waals surface area contributed by atoms with Gasteiger partial charge in [0.25, 0.3) is 5.56 Å². The molecular weight excluding hydrogens is 363 g/mol. The van der Waals surface area contributed by atoms with Crippen LogP contribution in [0.5, 0.6) is 0 Å². The van der Waals surface area contributed by atoms with E-state index >= 15 is 0 Å². The summed E-state index contributed by atoms with van der Waals surface area (Å²) in [5.41, 5.74) is 0.567. The van der Waals surface area contributed by atoms with Gasteiger partial charge in [-0.25, -0.2) is 9.37 Å². The number of hydrogen-bond donors (Lipinski definition) is 0. The minimum atomic E-state index is -0.360. The lowest BCUT2D eigenvalue weighted by molar-refractivity contribution is -0.132. The molecule has 0 saturated heterocycles. The largest absolute Gasteiger partial charge is 0.335 e. The lowest BCUT2D eigenvalue weighted by atomic mass is 10.2. The van der Waals surface area contributed by atoms with Gasteiger partial charge in [0.2, 0.25) is 5.91 Å². The SMILES string of the molecule is CN(C)CCN(Cc1ccccc1F)C(=O)Cn1cnc2c(cnn2C)c1=O. The molecule has 2 aromatic heterocycles. The highest BCUT2D eigenvalue weighted by atomic mass is 19.1. The first-order valence-corrected chi connectivity index (χ1v) is 8.90. The van der Waals surface area contributed by atoms with Gasteiger partial charge in [-0.2, -0.15) is 5.10 Å². The Hall–Kier alpha value is -3.07. The number of carbonyl (C=O) groups is 1. The van der Waals surface area contributed by atoms with Crippen molar-refractivity contribution in [3.05, 3.63) is 58.5 Å². The van der Waals surface area contributed by atoms with Crippen LogP contribution in [0, 0.1) is 5.82 Å². The zero-order chi connectivity index (χ0) is 20.3. The Morgan fingerprint density at radius 3 is 2.68 bits per heavy atom. The molecule has 0 unspecified atom stereocenters. The van der Waals surface area contributed by atoms with Gasteiger partial charge in [0.15, 0.2) is 5.65 Å². The van der Waals surface area contributed by atoms with Gasteiger partial charge in [0, 0.05) is 32.2 Å². The number of benzene rings is 1. The molecule has 0 N–H and O–H groups in total. The van der Waals surface area contributed by atoms with Crippen LogP contribution in [0.2, 0.25) is 0 Å². The molecule has 2 heterocycles. The van der Waals surface area contributed by atoms with E-state index in [9.17, 15) is 14.0 Å². The van der Waals surface area contributed by atoms with Crippen LogP contribution >= 0.6 is 0 Å². The molecule has 0 aliphatic rings. The summed E-state index contributed by atoms with van der Waals surface area (Å²) >= 11 is 0. The standard InChI is InChI=1S/C19H23FN6O2/c1-23(2)8-9-25(11-14-6-4-5-7-16(14)20)17(27)12-26-13-21-18-15(19(26)28)10-22-24(18)3/h4-7,10,13H,8-9,11-12H2,1-3H3. The quantitative estimate of drug-likeness (QED) is 0.602. The first kappa shape index (κ1) is 19.7. The van der Waals surface area contributed by atoms with E-state index in [0.29, 0.717) is 29.7 Å². The third-order valence-electron chi connectivity index (χ3n) is 4.51. The van der Waals surface area contributed by atoms with E-state index in [1.54, 1.807) is 30.1 Å². The van der Waals surface area contributed by atoms with Crippen molar-refractivity contribution < 1.29 is 9.18 Å². The number of amides is 1. The third kappa shape index (κ3) is 4.25. The molecule has 1 aromatic carbocycles. The maximum absolute atomic E-state index is 14.1. The number of aryl methyl sites for hydroxylation is 1. The number of hydrogen-bond acceptors (Lipinski definition) is 5. The van der Waals surface area contributed by atoms with Crippen molar-refractivity contribution >= 4 is 16.9 Å². The Morgan fingerprint density at radius 1 is 1.21 bits per heavy atom. The normalized spacial score (nSPS) is 11.3. The van der Waals surface area contributed by atoms with E-state index in [-0.39, 0.29) is 30.4 Å². The molecule has 9 heteroatoms. The summed E-state index contributed by atoms with van der Waals surface area (Å²) in [6.45, 7) is 1.00. The van der Waals surface area contributed by atoms with Gasteiger partial charge in [-0.15, -0.1) is 0 Å². The van der Waals surface area contributed by atoms with Crippen molar-refractivity contribution in [2.24, 2.45) is 7.05 Å². The van der Waals surface area contributed by atoms with Crippen molar-refractivity contribution in [1.29, 1.82) is 0 Å². The van der Waals surface area contributed by atoms with E-state index in [4.69, 9.17) is 0 Å². The number of nitrogens with zero attached hydrogens (tertiary/aromatic N) is 6. The lowest BCUT2D eigenvalue weighted by Gasteiger charge is -2.25. The Bertz CT molecular complexity index is 1040. The molecule has 0 aliphatic heterocycles. The van der Waals surface area contributed by atoms with Crippen molar-refractivity contribution in [3.63, 3.8) is 0 Å². The second-order valence-corrected chi connectivity index (χ2v) is 6.89. The fraction of sp³-hybridized carbons (Fsp3) is 0.368. The second-order valence-electron chi connectivity index (χ2n) is 6.89. The number of rotatable bonds is 7. The fourth-order valence-corrected chi connectivity index (χ4v) is 2.87. The van der Waals surface area contributed by atoms with Gasteiger partial charge < -0.3 is 9.80 Å². The van der Waals surface area contributed by atoms with Gasteiger partial charge >= 0.3 is 0 Å². The highest BCUT2D eigenvalue weighted by Crippen LogP contribution is 2.11. The molecule has 8 nitrogen and oxygen atoms in total. The van der Waals surface area contributed by atoms with Crippen molar-refractivity contribution in [2.75, 3.05) is 27.2 Å². The summed E-state index contributed by atoms with van der Waals surface area (Å²) in [6, 6.07) is 6.37. The first-order chi connectivity index (χ1) is 13.4. The highest BCUT2D eigenvalue weighted by molar-refractivity contribution is 5.77. The molecule has 0 radical (unpaired) electrons. The zero-order valence-corrected chi connectivity index (χ0v) is 16.2. The van der Waals surface area contributed by atoms with Crippen LogP contribution in [0.4, 0.5) is 4.39 Å². The van der Waals surface area contributed by atoms with Crippen LogP contribution in [-0.4, -0.2) is 62.2 Å². The molecule has 0 aliphatic carbocycles. The van der Waals surface area contributed by atoms with E-state index in [0.717, 1.165) is 0 Å². The van der Waals surface area contributed by atoms with Crippen LogP contribution in [-0.2, 0) is 24.9 Å². The zero-order valence-electron chi connectivity index (χ0n) is 16.2. The summed E-state index contributed by atoms with van der Waals surface area (Å²) in [6.07, 6.45) is 2.78. The van der Waals surface area contributed by atoms with Crippen molar-refractivity contribution in [3.8, 4) is 0 Å². The highest BCUT2D eigenvalue weighted by Gasteiger charge is 2.18. The number of halogens is 1. The van der Waals surface area contributed by atoms with Crippen LogP contribution in [0.1, 0.15) is 5.56 Å². The molecule has 3 rings (SSSR count). The van der Waals surface area contributed by atoms with E-state index in [2.05, 4.69) is 10.1 Å². The Balaban J connectivity index is 1.83. The minimum Gasteiger partial charge on any atom is -0.335 e. The van der Waals surface area contributed by atoms with Crippen LogP contribution in [0.3, 0.4) is 0 Å². The Labute approximate surface area is 161 Å². The van der Waals surface area contributed by atoms with Gasteiger partial charge in [0.1, 0.15) is 24.1 Å². The predicted molar refractivity (Wildman–Crippen MR) is 103 cm³/mol. The molecule has 0 fully saturated rings. The summed E-state index contributed by atoms with van der Waals surface area (Å²) in [4.78, 5) is 33.2. The van der Waals surface area contributed by atoms with Crippen LogP contribution in [0.25, 0.3) is 11.0 Å². The minimum absolute atomic E-state index is 0.136. The van der Waals surface area contributed by atoms with E-state index in [1.807, 2.05) is 19.0 Å². The number of carbonyl (C=O) groups excluding carboxylic acids is 1. The molecule has 148 valence electrons. The van der Waals surface area contributed by atoms with Crippen LogP contribution < -0.4 is 5.56 Å². The van der Waals surface area contributed by atoms with Gasteiger partial charge in [-0.05, 0) is 20.2 Å². The molecule has 0 bridgehead atoms. The predicted octanol–water partition coefficient (Wildman–Crippen LogP) is 0.860. The smallest absolute Gasteiger partial charge is 0.264 e. The van der Waals surface area contributed by atoms with Gasteiger partial charge in [-0.1, -0.05) is 18.2 Å². The maximum Gasteiger partial charge on any atom is 0.264 e. The Morgan fingerprint density at radius 2 is 1.96 bits per heavy atom.